The summed E-state index contributed by atoms with van der Waals surface area (Å²) in [6, 6.07) is 3.68. The lowest BCUT2D eigenvalue weighted by Crippen LogP contribution is -2.39. The molecule has 102 valence electrons. The minimum Gasteiger partial charge on any atom is -0.469 e. The van der Waals surface area contributed by atoms with Gasteiger partial charge in [0.2, 0.25) is 0 Å². The predicted octanol–water partition coefficient (Wildman–Crippen LogP) is 3.53. The first-order valence-corrected chi connectivity index (χ1v) is 6.38. The van der Waals surface area contributed by atoms with E-state index < -0.39 is 12.1 Å². The van der Waals surface area contributed by atoms with Crippen molar-refractivity contribution < 1.29 is 17.6 Å². The first-order valence-electron chi connectivity index (χ1n) is 6.38. The minimum absolute atomic E-state index is 0.0136. The Balaban J connectivity index is 1.73. The molecule has 18 heavy (non-hydrogen) atoms. The maximum absolute atomic E-state index is 12.6. The van der Waals surface area contributed by atoms with E-state index >= 15 is 0 Å². The third kappa shape index (κ3) is 3.77. The molecule has 1 aromatic heterocycles. The van der Waals surface area contributed by atoms with Gasteiger partial charge in [-0.1, -0.05) is 6.42 Å². The molecule has 2 unspecified atom stereocenters. The molecule has 0 radical (unpaired) electrons. The highest BCUT2D eigenvalue weighted by molar-refractivity contribution is 4.98. The van der Waals surface area contributed by atoms with Crippen LogP contribution in [0.1, 0.15) is 31.4 Å². The van der Waals surface area contributed by atoms with Crippen molar-refractivity contribution in [2.75, 3.05) is 6.54 Å². The van der Waals surface area contributed by atoms with E-state index in [0.29, 0.717) is 13.0 Å². The average Bonchev–Trinajstić information content (AvgIpc) is 2.81. The first kappa shape index (κ1) is 13.5. The third-order valence-electron chi connectivity index (χ3n) is 3.52. The van der Waals surface area contributed by atoms with Crippen molar-refractivity contribution in [2.24, 2.45) is 5.92 Å². The summed E-state index contributed by atoms with van der Waals surface area (Å²) in [5.41, 5.74) is 0. The first-order chi connectivity index (χ1) is 8.55. The number of nitrogens with one attached hydrogen (secondary N) is 1. The van der Waals surface area contributed by atoms with Crippen molar-refractivity contribution in [1.82, 2.24) is 5.32 Å². The van der Waals surface area contributed by atoms with E-state index in [-0.39, 0.29) is 18.9 Å². The van der Waals surface area contributed by atoms with E-state index in [1.165, 1.54) is 0 Å². The normalized spacial score (nSPS) is 25.3. The topological polar surface area (TPSA) is 25.2 Å². The van der Waals surface area contributed by atoms with Crippen LogP contribution < -0.4 is 5.32 Å². The van der Waals surface area contributed by atoms with Gasteiger partial charge >= 0.3 is 6.18 Å². The SMILES string of the molecule is FC(F)(F)C1CCCC(NCCc2ccco2)C1. The standard InChI is InChI=1S/C13H18F3NO/c14-13(15,16)10-3-1-4-11(9-10)17-7-6-12-5-2-8-18-12/h2,5,8,10-11,17H,1,3-4,6-7,9H2. The fourth-order valence-electron chi connectivity index (χ4n) is 2.53. The maximum Gasteiger partial charge on any atom is 0.391 e. The fraction of sp³-hybridized carbons (Fsp3) is 0.692. The average molecular weight is 261 g/mol. The highest BCUT2D eigenvalue weighted by Crippen LogP contribution is 2.37. The molecular formula is C13H18F3NO. The van der Waals surface area contributed by atoms with E-state index in [9.17, 15) is 13.2 Å². The Morgan fingerprint density at radius 1 is 1.33 bits per heavy atom. The zero-order chi connectivity index (χ0) is 13.0. The summed E-state index contributed by atoms with van der Waals surface area (Å²) in [4.78, 5) is 0. The van der Waals surface area contributed by atoms with Gasteiger partial charge in [-0.15, -0.1) is 0 Å². The third-order valence-corrected chi connectivity index (χ3v) is 3.52. The van der Waals surface area contributed by atoms with Crippen LogP contribution in [-0.2, 0) is 6.42 Å². The molecule has 0 spiro atoms. The molecule has 2 atom stereocenters. The number of hydrogen-bond donors (Lipinski definition) is 1. The molecule has 5 heteroatoms. The second-order valence-corrected chi connectivity index (χ2v) is 4.89. The Morgan fingerprint density at radius 3 is 2.83 bits per heavy atom. The van der Waals surface area contributed by atoms with Gasteiger partial charge in [0.1, 0.15) is 5.76 Å². The Hall–Kier alpha value is -0.970. The molecule has 1 saturated carbocycles. The summed E-state index contributed by atoms with van der Waals surface area (Å²) in [6.45, 7) is 0.669. The van der Waals surface area contributed by atoms with Crippen molar-refractivity contribution in [3.05, 3.63) is 24.2 Å². The molecule has 1 aliphatic carbocycles. The Bertz CT molecular complexity index is 348. The van der Waals surface area contributed by atoms with Crippen LogP contribution in [0.5, 0.6) is 0 Å². The molecule has 0 amide bonds. The monoisotopic (exact) mass is 261 g/mol. The van der Waals surface area contributed by atoms with Crippen LogP contribution in [0.25, 0.3) is 0 Å². The summed E-state index contributed by atoms with van der Waals surface area (Å²) in [5.74, 6) is -0.266. The summed E-state index contributed by atoms with van der Waals surface area (Å²) in [6.07, 6.45) is 0.270. The number of furan rings is 1. The van der Waals surface area contributed by atoms with E-state index in [2.05, 4.69) is 5.32 Å². The fourth-order valence-corrected chi connectivity index (χ4v) is 2.53. The minimum atomic E-state index is -4.04. The van der Waals surface area contributed by atoms with Crippen LogP contribution in [0.4, 0.5) is 13.2 Å². The van der Waals surface area contributed by atoms with Crippen LogP contribution in [0.3, 0.4) is 0 Å². The van der Waals surface area contributed by atoms with Gasteiger partial charge in [0.15, 0.2) is 0 Å². The van der Waals surface area contributed by atoms with Crippen molar-refractivity contribution in [3.63, 3.8) is 0 Å². The zero-order valence-electron chi connectivity index (χ0n) is 10.2. The molecular weight excluding hydrogens is 243 g/mol. The van der Waals surface area contributed by atoms with Crippen molar-refractivity contribution in [1.29, 1.82) is 0 Å². The molecule has 2 nitrogen and oxygen atoms in total. The van der Waals surface area contributed by atoms with Crippen molar-refractivity contribution in [3.8, 4) is 0 Å². The number of hydrogen-bond acceptors (Lipinski definition) is 2. The van der Waals surface area contributed by atoms with Crippen molar-refractivity contribution in [2.45, 2.75) is 44.3 Å². The van der Waals surface area contributed by atoms with E-state index in [4.69, 9.17) is 4.42 Å². The molecule has 0 aromatic carbocycles. The lowest BCUT2D eigenvalue weighted by atomic mass is 9.85. The molecule has 1 N–H and O–H groups in total. The number of rotatable bonds is 4. The summed E-state index contributed by atoms with van der Waals surface area (Å²) < 4.78 is 43.0. The molecule has 2 rings (SSSR count). The van der Waals surface area contributed by atoms with Gasteiger partial charge in [-0.05, 0) is 31.4 Å². The molecule has 0 bridgehead atoms. The second kappa shape index (κ2) is 5.78. The smallest absolute Gasteiger partial charge is 0.391 e. The van der Waals surface area contributed by atoms with Gasteiger partial charge in [0.05, 0.1) is 12.2 Å². The van der Waals surface area contributed by atoms with Gasteiger partial charge in [-0.2, -0.15) is 13.2 Å². The molecule has 1 aliphatic rings. The number of alkyl halides is 3. The molecule has 1 aromatic rings. The van der Waals surface area contributed by atoms with Crippen LogP contribution in [0.15, 0.2) is 22.8 Å². The molecule has 1 heterocycles. The van der Waals surface area contributed by atoms with Gasteiger partial charge in [-0.25, -0.2) is 0 Å². The summed E-state index contributed by atoms with van der Waals surface area (Å²) in [5, 5.41) is 3.20. The van der Waals surface area contributed by atoms with Crippen LogP contribution >= 0.6 is 0 Å². The maximum atomic E-state index is 12.6. The van der Waals surface area contributed by atoms with E-state index in [1.807, 2.05) is 12.1 Å². The highest BCUT2D eigenvalue weighted by atomic mass is 19.4. The van der Waals surface area contributed by atoms with Gasteiger partial charge in [0, 0.05) is 19.0 Å². The largest absolute Gasteiger partial charge is 0.469 e. The molecule has 0 saturated heterocycles. The lowest BCUT2D eigenvalue weighted by Gasteiger charge is -2.31. The van der Waals surface area contributed by atoms with Crippen LogP contribution in [-0.4, -0.2) is 18.8 Å². The van der Waals surface area contributed by atoms with Gasteiger partial charge in [0.25, 0.3) is 0 Å². The molecule has 0 aliphatic heterocycles. The van der Waals surface area contributed by atoms with E-state index in [0.717, 1.165) is 18.6 Å². The van der Waals surface area contributed by atoms with Crippen molar-refractivity contribution >= 4 is 0 Å². The summed E-state index contributed by atoms with van der Waals surface area (Å²) in [7, 11) is 0. The lowest BCUT2D eigenvalue weighted by molar-refractivity contribution is -0.183. The quantitative estimate of drug-likeness (QED) is 0.897. The van der Waals surface area contributed by atoms with Gasteiger partial charge in [-0.3, -0.25) is 0 Å². The van der Waals surface area contributed by atoms with Gasteiger partial charge < -0.3 is 9.73 Å². The van der Waals surface area contributed by atoms with E-state index in [1.54, 1.807) is 6.26 Å². The van der Waals surface area contributed by atoms with Crippen LogP contribution in [0.2, 0.25) is 0 Å². The zero-order valence-corrected chi connectivity index (χ0v) is 10.2. The Morgan fingerprint density at radius 2 is 2.17 bits per heavy atom. The highest BCUT2D eigenvalue weighted by Gasteiger charge is 2.41. The second-order valence-electron chi connectivity index (χ2n) is 4.89. The Kier molecular flexibility index (Phi) is 4.32. The molecule has 1 fully saturated rings. The predicted molar refractivity (Wildman–Crippen MR) is 62.2 cm³/mol. The Labute approximate surface area is 105 Å². The number of halogens is 3. The summed E-state index contributed by atoms with van der Waals surface area (Å²) >= 11 is 0. The van der Waals surface area contributed by atoms with Crippen LogP contribution in [0, 0.1) is 5.92 Å².